The fraction of sp³-hybridized carbons (Fsp3) is 0.526. The third-order valence-corrected chi connectivity index (χ3v) is 4.88. The van der Waals surface area contributed by atoms with Crippen molar-refractivity contribution in [2.45, 2.75) is 26.3 Å². The molecule has 0 aliphatic carbocycles. The van der Waals surface area contributed by atoms with E-state index in [4.69, 9.17) is 0 Å². The van der Waals surface area contributed by atoms with Crippen LogP contribution in [0, 0.1) is 12.8 Å². The van der Waals surface area contributed by atoms with Gasteiger partial charge in [0, 0.05) is 25.4 Å². The molecule has 23 heavy (non-hydrogen) atoms. The molecule has 1 N–H and O–H groups in total. The average molecular weight is 312 g/mol. The van der Waals surface area contributed by atoms with Gasteiger partial charge >= 0.3 is 0 Å². The lowest BCUT2D eigenvalue weighted by atomic mass is 9.95. The van der Waals surface area contributed by atoms with E-state index in [-0.39, 0.29) is 0 Å². The van der Waals surface area contributed by atoms with E-state index in [0.29, 0.717) is 0 Å². The molecule has 4 nitrogen and oxygen atoms in total. The Kier molecular flexibility index (Phi) is 5.13. The molecular formula is C19H28N4. The van der Waals surface area contributed by atoms with Gasteiger partial charge in [-0.05, 0) is 63.5 Å². The number of aryl methyl sites for hydroxylation is 2. The highest BCUT2D eigenvalue weighted by molar-refractivity contribution is 5.66. The molecule has 1 aromatic heterocycles. The fourth-order valence-corrected chi connectivity index (χ4v) is 3.54. The van der Waals surface area contributed by atoms with Gasteiger partial charge in [-0.15, -0.1) is 0 Å². The van der Waals surface area contributed by atoms with Gasteiger partial charge in [-0.2, -0.15) is 5.10 Å². The molecule has 4 heteroatoms. The normalized spacial score (nSPS) is 16.8. The Bertz CT molecular complexity index is 639. The molecule has 0 radical (unpaired) electrons. The van der Waals surface area contributed by atoms with E-state index >= 15 is 0 Å². The Morgan fingerprint density at radius 2 is 2.04 bits per heavy atom. The van der Waals surface area contributed by atoms with E-state index in [2.05, 4.69) is 53.7 Å². The SMILES string of the molecule is CNCC1CCN(Cc2ccc(C)cc2-c2cnn(C)c2)CC1. The molecule has 0 amide bonds. The van der Waals surface area contributed by atoms with Crippen LogP contribution in [0.2, 0.25) is 0 Å². The Balaban J connectivity index is 1.73. The largest absolute Gasteiger partial charge is 0.319 e. The van der Waals surface area contributed by atoms with Crippen molar-refractivity contribution in [3.8, 4) is 11.1 Å². The molecule has 1 fully saturated rings. The molecular weight excluding hydrogens is 284 g/mol. The molecule has 3 rings (SSSR count). The molecule has 0 spiro atoms. The highest BCUT2D eigenvalue weighted by Crippen LogP contribution is 2.27. The number of likely N-dealkylation sites (tertiary alicyclic amines) is 1. The first-order chi connectivity index (χ1) is 11.2. The van der Waals surface area contributed by atoms with Crippen molar-refractivity contribution in [2.75, 3.05) is 26.7 Å². The predicted molar refractivity (Wildman–Crippen MR) is 95.3 cm³/mol. The summed E-state index contributed by atoms with van der Waals surface area (Å²) in [6.07, 6.45) is 6.68. The molecule has 1 aliphatic heterocycles. The van der Waals surface area contributed by atoms with Gasteiger partial charge in [-0.25, -0.2) is 0 Å². The van der Waals surface area contributed by atoms with Crippen LogP contribution in [0.1, 0.15) is 24.0 Å². The van der Waals surface area contributed by atoms with E-state index in [1.165, 1.54) is 48.2 Å². The van der Waals surface area contributed by atoms with Crippen LogP contribution in [0.4, 0.5) is 0 Å². The number of rotatable bonds is 5. The van der Waals surface area contributed by atoms with E-state index in [9.17, 15) is 0 Å². The van der Waals surface area contributed by atoms with Gasteiger partial charge in [-0.1, -0.05) is 23.8 Å². The predicted octanol–water partition coefficient (Wildman–Crippen LogP) is 2.83. The molecule has 0 bridgehead atoms. The van der Waals surface area contributed by atoms with Gasteiger partial charge in [0.25, 0.3) is 0 Å². The number of aromatic nitrogens is 2. The molecule has 0 saturated carbocycles. The Morgan fingerprint density at radius 3 is 2.70 bits per heavy atom. The molecule has 1 saturated heterocycles. The van der Waals surface area contributed by atoms with Crippen LogP contribution < -0.4 is 5.32 Å². The maximum atomic E-state index is 4.34. The second-order valence-corrected chi connectivity index (χ2v) is 6.84. The number of piperidine rings is 1. The van der Waals surface area contributed by atoms with Crippen molar-refractivity contribution >= 4 is 0 Å². The van der Waals surface area contributed by atoms with Crippen LogP contribution in [0.5, 0.6) is 0 Å². The summed E-state index contributed by atoms with van der Waals surface area (Å²) >= 11 is 0. The zero-order valence-electron chi connectivity index (χ0n) is 14.5. The van der Waals surface area contributed by atoms with Gasteiger partial charge in [0.1, 0.15) is 0 Å². The molecule has 0 atom stereocenters. The van der Waals surface area contributed by atoms with Gasteiger partial charge in [0.2, 0.25) is 0 Å². The standard InChI is InChI=1S/C19H28N4/c1-15-4-5-17(19(10-15)18-12-21-22(3)13-18)14-23-8-6-16(7-9-23)11-20-2/h4-5,10,12-13,16,20H,6-9,11,14H2,1-3H3. The number of nitrogens with one attached hydrogen (secondary N) is 1. The molecule has 0 unspecified atom stereocenters. The van der Waals surface area contributed by atoms with Gasteiger partial charge in [-0.3, -0.25) is 9.58 Å². The second kappa shape index (κ2) is 7.28. The van der Waals surface area contributed by atoms with E-state index in [1.54, 1.807) is 0 Å². The molecule has 1 aromatic carbocycles. The lowest BCUT2D eigenvalue weighted by Gasteiger charge is -2.32. The minimum Gasteiger partial charge on any atom is -0.319 e. The summed E-state index contributed by atoms with van der Waals surface area (Å²) in [6.45, 7) is 6.75. The first kappa shape index (κ1) is 16.2. The summed E-state index contributed by atoms with van der Waals surface area (Å²) in [5.74, 6) is 0.840. The molecule has 124 valence electrons. The zero-order valence-corrected chi connectivity index (χ0v) is 14.5. The average Bonchev–Trinajstić information content (AvgIpc) is 2.97. The molecule has 2 aromatic rings. The van der Waals surface area contributed by atoms with Gasteiger partial charge < -0.3 is 5.32 Å². The van der Waals surface area contributed by atoms with Crippen molar-refractivity contribution in [2.24, 2.45) is 13.0 Å². The van der Waals surface area contributed by atoms with Crippen molar-refractivity contribution in [3.63, 3.8) is 0 Å². The number of benzene rings is 1. The maximum absolute atomic E-state index is 4.34. The van der Waals surface area contributed by atoms with Gasteiger partial charge in [0.15, 0.2) is 0 Å². The summed E-state index contributed by atoms with van der Waals surface area (Å²) in [5.41, 5.74) is 5.27. The summed E-state index contributed by atoms with van der Waals surface area (Å²) in [4.78, 5) is 2.59. The van der Waals surface area contributed by atoms with Crippen LogP contribution in [-0.2, 0) is 13.6 Å². The quantitative estimate of drug-likeness (QED) is 0.921. The minimum atomic E-state index is 0.840. The molecule has 1 aliphatic rings. The third-order valence-electron chi connectivity index (χ3n) is 4.88. The summed E-state index contributed by atoms with van der Waals surface area (Å²) < 4.78 is 1.88. The number of hydrogen-bond acceptors (Lipinski definition) is 3. The Labute approximate surface area is 139 Å². The minimum absolute atomic E-state index is 0.840. The number of nitrogens with zero attached hydrogens (tertiary/aromatic N) is 3. The Morgan fingerprint density at radius 1 is 1.26 bits per heavy atom. The first-order valence-corrected chi connectivity index (χ1v) is 8.61. The van der Waals surface area contributed by atoms with Crippen LogP contribution in [0.25, 0.3) is 11.1 Å². The first-order valence-electron chi connectivity index (χ1n) is 8.61. The fourth-order valence-electron chi connectivity index (χ4n) is 3.54. The van der Waals surface area contributed by atoms with Crippen molar-refractivity contribution in [1.29, 1.82) is 0 Å². The van der Waals surface area contributed by atoms with Crippen LogP contribution in [-0.4, -0.2) is 41.4 Å². The second-order valence-electron chi connectivity index (χ2n) is 6.84. The van der Waals surface area contributed by atoms with Crippen LogP contribution >= 0.6 is 0 Å². The maximum Gasteiger partial charge on any atom is 0.0568 e. The van der Waals surface area contributed by atoms with E-state index < -0.39 is 0 Å². The van der Waals surface area contributed by atoms with Gasteiger partial charge in [0.05, 0.1) is 6.20 Å². The van der Waals surface area contributed by atoms with Crippen molar-refractivity contribution in [3.05, 3.63) is 41.7 Å². The van der Waals surface area contributed by atoms with E-state index in [0.717, 1.165) is 19.0 Å². The van der Waals surface area contributed by atoms with Crippen LogP contribution in [0.3, 0.4) is 0 Å². The van der Waals surface area contributed by atoms with Crippen molar-refractivity contribution < 1.29 is 0 Å². The highest BCUT2D eigenvalue weighted by Gasteiger charge is 2.19. The van der Waals surface area contributed by atoms with Crippen LogP contribution in [0.15, 0.2) is 30.6 Å². The molecule has 2 heterocycles. The lowest BCUT2D eigenvalue weighted by molar-refractivity contribution is 0.177. The monoisotopic (exact) mass is 312 g/mol. The Hall–Kier alpha value is -1.65. The van der Waals surface area contributed by atoms with Crippen molar-refractivity contribution in [1.82, 2.24) is 20.0 Å². The summed E-state index contributed by atoms with van der Waals surface area (Å²) in [5, 5.41) is 7.65. The van der Waals surface area contributed by atoms with E-state index in [1.807, 2.05) is 17.9 Å². The zero-order chi connectivity index (χ0) is 16.2. The highest BCUT2D eigenvalue weighted by atomic mass is 15.2. The topological polar surface area (TPSA) is 33.1 Å². The number of hydrogen-bond donors (Lipinski definition) is 1. The summed E-state index contributed by atoms with van der Waals surface area (Å²) in [7, 11) is 4.03. The smallest absolute Gasteiger partial charge is 0.0568 e. The third kappa shape index (κ3) is 4.01. The lowest BCUT2D eigenvalue weighted by Crippen LogP contribution is -2.36. The summed E-state index contributed by atoms with van der Waals surface area (Å²) in [6, 6.07) is 6.81.